The average Bonchev–Trinajstić information content (AvgIpc) is 3.19. The number of hydrogen-bond acceptors (Lipinski definition) is 7. The van der Waals surface area contributed by atoms with Crippen LogP contribution >= 0.6 is 11.8 Å². The number of nitrogens with zero attached hydrogens (tertiary/aromatic N) is 2. The third kappa shape index (κ3) is 4.89. The molecule has 0 spiro atoms. The van der Waals surface area contributed by atoms with Gasteiger partial charge in [0.25, 0.3) is 5.22 Å². The van der Waals surface area contributed by atoms with Gasteiger partial charge in [-0.05, 0) is 38.1 Å². The number of rotatable bonds is 6. The summed E-state index contributed by atoms with van der Waals surface area (Å²) >= 11 is 1.20. The fourth-order valence-corrected chi connectivity index (χ4v) is 3.65. The lowest BCUT2D eigenvalue weighted by Crippen LogP contribution is -2.41. The Morgan fingerprint density at radius 2 is 1.90 bits per heavy atom. The maximum atomic E-state index is 12.2. The van der Waals surface area contributed by atoms with E-state index in [1.165, 1.54) is 11.8 Å². The Bertz CT molecular complexity index is 1000. The number of hydrogen-bond donors (Lipinski definition) is 1. The lowest BCUT2D eigenvalue weighted by molar-refractivity contribution is -0.119. The second kappa shape index (κ2) is 8.57. The van der Waals surface area contributed by atoms with E-state index in [1.54, 1.807) is 0 Å². The van der Waals surface area contributed by atoms with Crippen LogP contribution in [-0.4, -0.2) is 41.1 Å². The molecule has 7 nitrogen and oxygen atoms in total. The molecule has 1 aromatic heterocycles. The first-order valence-electron chi connectivity index (χ1n) is 9.27. The molecule has 150 valence electrons. The maximum Gasteiger partial charge on any atom is 0.277 e. The van der Waals surface area contributed by atoms with Gasteiger partial charge >= 0.3 is 0 Å². The van der Waals surface area contributed by atoms with Gasteiger partial charge in [-0.25, -0.2) is 0 Å². The zero-order valence-corrected chi connectivity index (χ0v) is 17.0. The van der Waals surface area contributed by atoms with Crippen molar-refractivity contribution in [3.63, 3.8) is 0 Å². The Hall–Kier alpha value is -3.00. The van der Waals surface area contributed by atoms with E-state index >= 15 is 0 Å². The Kier molecular flexibility index (Phi) is 5.71. The number of aromatic nitrogens is 2. The maximum absolute atomic E-state index is 12.2. The fraction of sp³-hybridized carbons (Fsp3) is 0.286. The average molecular weight is 411 g/mol. The molecule has 0 saturated heterocycles. The van der Waals surface area contributed by atoms with E-state index in [4.69, 9.17) is 13.9 Å². The number of aryl methyl sites for hydroxylation is 2. The van der Waals surface area contributed by atoms with Gasteiger partial charge in [0.1, 0.15) is 12.7 Å². The van der Waals surface area contributed by atoms with Crippen LogP contribution in [0, 0.1) is 13.8 Å². The molecule has 0 aliphatic carbocycles. The van der Waals surface area contributed by atoms with Crippen molar-refractivity contribution in [2.24, 2.45) is 0 Å². The van der Waals surface area contributed by atoms with Crippen molar-refractivity contribution in [2.45, 2.75) is 25.2 Å². The monoisotopic (exact) mass is 411 g/mol. The van der Waals surface area contributed by atoms with Gasteiger partial charge < -0.3 is 19.2 Å². The second-order valence-corrected chi connectivity index (χ2v) is 7.77. The Balaban J connectivity index is 1.26. The molecular weight excluding hydrogens is 390 g/mol. The summed E-state index contributed by atoms with van der Waals surface area (Å²) in [5, 5.41) is 11.3. The van der Waals surface area contributed by atoms with Gasteiger partial charge in [-0.15, -0.1) is 10.2 Å². The summed E-state index contributed by atoms with van der Waals surface area (Å²) in [4.78, 5) is 12.2. The van der Waals surface area contributed by atoms with Crippen molar-refractivity contribution in [1.82, 2.24) is 15.5 Å². The molecular formula is C21H21N3O4S. The molecule has 8 heteroatoms. The predicted molar refractivity (Wildman–Crippen MR) is 109 cm³/mol. The highest BCUT2D eigenvalue weighted by Gasteiger charge is 2.21. The zero-order valence-electron chi connectivity index (χ0n) is 16.2. The number of carbonyl (C=O) groups excluding carboxylic acids is 1. The number of carbonyl (C=O) groups is 1. The summed E-state index contributed by atoms with van der Waals surface area (Å²) < 4.78 is 17.2. The summed E-state index contributed by atoms with van der Waals surface area (Å²) in [6, 6.07) is 13.6. The van der Waals surface area contributed by atoms with Crippen molar-refractivity contribution in [3.8, 4) is 23.0 Å². The molecule has 0 fully saturated rings. The predicted octanol–water partition coefficient (Wildman–Crippen LogP) is 3.40. The molecule has 1 aliphatic heterocycles. The first-order valence-corrected chi connectivity index (χ1v) is 10.3. The molecule has 2 heterocycles. The third-order valence-electron chi connectivity index (χ3n) is 4.30. The number of ether oxygens (including phenoxy) is 2. The van der Waals surface area contributed by atoms with Gasteiger partial charge in [0, 0.05) is 5.56 Å². The molecule has 0 bridgehead atoms. The van der Waals surface area contributed by atoms with Crippen molar-refractivity contribution in [3.05, 3.63) is 53.6 Å². The summed E-state index contributed by atoms with van der Waals surface area (Å²) in [6.07, 6.45) is -0.224. The van der Waals surface area contributed by atoms with Gasteiger partial charge in [0.2, 0.25) is 11.8 Å². The highest BCUT2D eigenvalue weighted by atomic mass is 32.2. The van der Waals surface area contributed by atoms with E-state index in [-0.39, 0.29) is 17.8 Å². The molecule has 0 saturated carbocycles. The molecule has 29 heavy (non-hydrogen) atoms. The van der Waals surface area contributed by atoms with Crippen LogP contribution in [0.1, 0.15) is 11.1 Å². The Morgan fingerprint density at radius 3 is 2.69 bits per heavy atom. The van der Waals surface area contributed by atoms with Crippen molar-refractivity contribution in [1.29, 1.82) is 0 Å². The number of nitrogens with one attached hydrogen (secondary N) is 1. The second-order valence-electron chi connectivity index (χ2n) is 6.84. The van der Waals surface area contributed by atoms with Crippen LogP contribution in [0.15, 0.2) is 52.1 Å². The minimum absolute atomic E-state index is 0.136. The topological polar surface area (TPSA) is 86.5 Å². The van der Waals surface area contributed by atoms with E-state index in [0.29, 0.717) is 30.0 Å². The van der Waals surface area contributed by atoms with Crippen molar-refractivity contribution < 1.29 is 18.7 Å². The normalized spacial score (nSPS) is 15.2. The molecule has 1 atom stereocenters. The number of amides is 1. The molecule has 4 rings (SSSR count). The number of thioether (sulfide) groups is 1. The molecule has 1 aliphatic rings. The van der Waals surface area contributed by atoms with Crippen LogP contribution < -0.4 is 14.8 Å². The van der Waals surface area contributed by atoms with Crippen molar-refractivity contribution >= 4 is 17.7 Å². The zero-order chi connectivity index (χ0) is 20.2. The Labute approximate surface area is 172 Å². The largest absolute Gasteiger partial charge is 0.486 e. The van der Waals surface area contributed by atoms with Gasteiger partial charge in [-0.3, -0.25) is 4.79 Å². The van der Waals surface area contributed by atoms with E-state index in [0.717, 1.165) is 22.4 Å². The molecule has 1 N–H and O–H groups in total. The number of para-hydroxylation sites is 2. The Morgan fingerprint density at radius 1 is 1.14 bits per heavy atom. The summed E-state index contributed by atoms with van der Waals surface area (Å²) in [5.74, 6) is 1.91. The summed E-state index contributed by atoms with van der Waals surface area (Å²) in [7, 11) is 0. The molecule has 0 radical (unpaired) electrons. The van der Waals surface area contributed by atoms with Gasteiger partial charge in [-0.1, -0.05) is 41.1 Å². The first-order chi connectivity index (χ1) is 14.1. The smallest absolute Gasteiger partial charge is 0.277 e. The lowest BCUT2D eigenvalue weighted by Gasteiger charge is -2.26. The number of benzene rings is 2. The van der Waals surface area contributed by atoms with Crippen LogP contribution in [0.25, 0.3) is 11.5 Å². The highest BCUT2D eigenvalue weighted by Crippen LogP contribution is 2.30. The van der Waals surface area contributed by atoms with E-state index < -0.39 is 0 Å². The van der Waals surface area contributed by atoms with Crippen LogP contribution in [0.4, 0.5) is 0 Å². The molecule has 2 aromatic carbocycles. The highest BCUT2D eigenvalue weighted by molar-refractivity contribution is 7.99. The van der Waals surface area contributed by atoms with E-state index in [9.17, 15) is 4.79 Å². The van der Waals surface area contributed by atoms with Gasteiger partial charge in [0.15, 0.2) is 11.5 Å². The number of fused-ring (bicyclic) bond motifs is 1. The molecule has 1 amide bonds. The quantitative estimate of drug-likeness (QED) is 0.622. The summed E-state index contributed by atoms with van der Waals surface area (Å²) in [5.41, 5.74) is 3.13. The van der Waals surface area contributed by atoms with Gasteiger partial charge in [-0.2, -0.15) is 0 Å². The van der Waals surface area contributed by atoms with E-state index in [1.807, 2.05) is 50.2 Å². The molecule has 3 aromatic rings. The van der Waals surface area contributed by atoms with Crippen molar-refractivity contribution in [2.75, 3.05) is 18.9 Å². The van der Waals surface area contributed by atoms with E-state index in [2.05, 4.69) is 21.6 Å². The SMILES string of the molecule is Cc1cc(C)cc(-c2nnc(SCC(=O)NC[C@@H]3COc4ccccc4O3)o2)c1. The fourth-order valence-electron chi connectivity index (χ4n) is 3.05. The minimum Gasteiger partial charge on any atom is -0.486 e. The first kappa shape index (κ1) is 19.3. The van der Waals surface area contributed by atoms with Crippen LogP contribution in [0.2, 0.25) is 0 Å². The summed E-state index contributed by atoms with van der Waals surface area (Å²) in [6.45, 7) is 4.80. The van der Waals surface area contributed by atoms with Crippen LogP contribution in [0.3, 0.4) is 0 Å². The third-order valence-corrected chi connectivity index (χ3v) is 5.11. The lowest BCUT2D eigenvalue weighted by atomic mass is 10.1. The molecule has 0 unspecified atom stereocenters. The van der Waals surface area contributed by atoms with Crippen LogP contribution in [-0.2, 0) is 4.79 Å². The standard InChI is InChI=1S/C21H21N3O4S/c1-13-7-14(2)9-15(8-13)20-23-24-21(28-20)29-12-19(25)22-10-16-11-26-17-5-3-4-6-18(17)27-16/h3-9,16H,10-12H2,1-2H3,(H,22,25)/t16-/m1/s1. The minimum atomic E-state index is -0.224. The van der Waals surface area contributed by atoms with Gasteiger partial charge in [0.05, 0.1) is 12.3 Å². The van der Waals surface area contributed by atoms with Crippen LogP contribution in [0.5, 0.6) is 11.5 Å².